The molecule has 92 valence electrons. The van der Waals surface area contributed by atoms with E-state index >= 15 is 0 Å². The van der Waals surface area contributed by atoms with Crippen molar-refractivity contribution in [1.82, 2.24) is 0 Å². The minimum Gasteiger partial charge on any atom is -0.479 e. The number of benzene rings is 1. The van der Waals surface area contributed by atoms with Crippen molar-refractivity contribution in [2.75, 3.05) is 0 Å². The van der Waals surface area contributed by atoms with Crippen LogP contribution < -0.4 is 0 Å². The summed E-state index contributed by atoms with van der Waals surface area (Å²) in [5, 5.41) is 18.4. The third kappa shape index (κ3) is 3.39. The summed E-state index contributed by atoms with van der Waals surface area (Å²) in [6.45, 7) is 1.90. The van der Waals surface area contributed by atoms with Crippen LogP contribution in [0.3, 0.4) is 0 Å². The second-order valence-electron chi connectivity index (χ2n) is 3.83. The summed E-state index contributed by atoms with van der Waals surface area (Å²) in [4.78, 5) is 21.1. The Bertz CT molecular complexity index is 412. The van der Waals surface area contributed by atoms with Gasteiger partial charge in [0.25, 0.3) is 0 Å². The lowest BCUT2D eigenvalue weighted by molar-refractivity contribution is -0.147. The molecule has 0 aliphatic carbocycles. The maximum Gasteiger partial charge on any atom is 0.337 e. The molecular formula is C13H16O4. The van der Waals surface area contributed by atoms with Crippen LogP contribution in [0.4, 0.5) is 0 Å². The standard InChI is InChI=1S/C13H16O4/c1-2-10-6-5-9(4-3-7-14)8-11(10)12(15)13(16)17/h5-8,12,15H,2-4H2,1H3,(H,16,17). The molecule has 0 saturated carbocycles. The number of carbonyl (C=O) groups excluding carboxylic acids is 1. The highest BCUT2D eigenvalue weighted by Crippen LogP contribution is 2.21. The van der Waals surface area contributed by atoms with Crippen LogP contribution in [-0.4, -0.2) is 22.5 Å². The number of aliphatic hydroxyl groups excluding tert-OH is 1. The van der Waals surface area contributed by atoms with Gasteiger partial charge in [-0.3, -0.25) is 0 Å². The molecule has 4 nitrogen and oxygen atoms in total. The van der Waals surface area contributed by atoms with Crippen LogP contribution in [0.15, 0.2) is 18.2 Å². The maximum atomic E-state index is 10.8. The normalized spacial score (nSPS) is 12.1. The maximum absolute atomic E-state index is 10.8. The van der Waals surface area contributed by atoms with E-state index in [4.69, 9.17) is 5.11 Å². The molecule has 0 radical (unpaired) electrons. The van der Waals surface area contributed by atoms with E-state index in [0.717, 1.165) is 17.4 Å². The number of carboxylic acids is 1. The van der Waals surface area contributed by atoms with Gasteiger partial charge in [0, 0.05) is 6.42 Å². The van der Waals surface area contributed by atoms with E-state index in [9.17, 15) is 14.7 Å². The largest absolute Gasteiger partial charge is 0.479 e. The molecule has 0 bridgehead atoms. The molecule has 0 aromatic heterocycles. The minimum absolute atomic E-state index is 0.397. The summed E-state index contributed by atoms with van der Waals surface area (Å²) in [6, 6.07) is 5.34. The van der Waals surface area contributed by atoms with Gasteiger partial charge in [-0.1, -0.05) is 25.1 Å². The smallest absolute Gasteiger partial charge is 0.337 e. The molecule has 0 saturated heterocycles. The Balaban J connectivity index is 3.05. The summed E-state index contributed by atoms with van der Waals surface area (Å²) in [6.07, 6.45) is 0.941. The number of rotatable bonds is 6. The highest BCUT2D eigenvalue weighted by atomic mass is 16.4. The molecule has 1 unspecified atom stereocenters. The van der Waals surface area contributed by atoms with Crippen molar-refractivity contribution in [3.63, 3.8) is 0 Å². The van der Waals surface area contributed by atoms with E-state index in [2.05, 4.69) is 0 Å². The predicted molar refractivity (Wildman–Crippen MR) is 62.8 cm³/mol. The summed E-state index contributed by atoms with van der Waals surface area (Å²) in [5.74, 6) is -1.26. The first kappa shape index (κ1) is 13.4. The zero-order valence-corrected chi connectivity index (χ0v) is 9.72. The number of carbonyl (C=O) groups is 2. The van der Waals surface area contributed by atoms with Crippen molar-refractivity contribution in [2.45, 2.75) is 32.3 Å². The number of hydrogen-bond donors (Lipinski definition) is 2. The highest BCUT2D eigenvalue weighted by Gasteiger charge is 2.19. The van der Waals surface area contributed by atoms with Crippen LogP contribution in [0.2, 0.25) is 0 Å². The molecule has 0 aliphatic rings. The van der Waals surface area contributed by atoms with Crippen molar-refractivity contribution in [2.24, 2.45) is 0 Å². The first-order valence-corrected chi connectivity index (χ1v) is 5.56. The molecule has 1 aromatic carbocycles. The first-order chi connectivity index (χ1) is 8.10. The number of carboxylic acid groups (broad SMARTS) is 1. The van der Waals surface area contributed by atoms with E-state index in [1.807, 2.05) is 19.1 Å². The quantitative estimate of drug-likeness (QED) is 0.734. The zero-order chi connectivity index (χ0) is 12.8. The molecule has 0 amide bonds. The number of hydrogen-bond acceptors (Lipinski definition) is 3. The molecule has 17 heavy (non-hydrogen) atoms. The topological polar surface area (TPSA) is 74.6 Å². The van der Waals surface area contributed by atoms with Crippen LogP contribution in [0.25, 0.3) is 0 Å². The Morgan fingerprint density at radius 2 is 2.18 bits per heavy atom. The second-order valence-corrected chi connectivity index (χ2v) is 3.83. The molecule has 4 heteroatoms. The van der Waals surface area contributed by atoms with Crippen LogP contribution in [0.5, 0.6) is 0 Å². The van der Waals surface area contributed by atoms with E-state index in [1.54, 1.807) is 6.07 Å². The fourth-order valence-electron chi connectivity index (χ4n) is 1.74. The Morgan fingerprint density at radius 3 is 2.71 bits per heavy atom. The fraction of sp³-hybridized carbons (Fsp3) is 0.385. The van der Waals surface area contributed by atoms with Crippen molar-refractivity contribution < 1.29 is 19.8 Å². The third-order valence-electron chi connectivity index (χ3n) is 2.67. The second kappa shape index (κ2) is 6.15. The van der Waals surface area contributed by atoms with Gasteiger partial charge >= 0.3 is 5.97 Å². The summed E-state index contributed by atoms with van der Waals surface area (Å²) in [7, 11) is 0. The zero-order valence-electron chi connectivity index (χ0n) is 9.72. The molecule has 0 spiro atoms. The molecule has 1 rings (SSSR count). The van der Waals surface area contributed by atoms with E-state index in [0.29, 0.717) is 24.8 Å². The average Bonchev–Trinajstić information content (AvgIpc) is 2.34. The highest BCUT2D eigenvalue weighted by molar-refractivity contribution is 5.74. The van der Waals surface area contributed by atoms with E-state index in [-0.39, 0.29) is 0 Å². The number of aryl methyl sites for hydroxylation is 2. The van der Waals surface area contributed by atoms with Gasteiger partial charge < -0.3 is 15.0 Å². The van der Waals surface area contributed by atoms with Gasteiger partial charge in [0.15, 0.2) is 6.10 Å². The lowest BCUT2D eigenvalue weighted by atomic mass is 9.96. The third-order valence-corrected chi connectivity index (χ3v) is 2.67. The molecule has 0 aliphatic heterocycles. The predicted octanol–water partition coefficient (Wildman–Crippen LogP) is 1.50. The minimum atomic E-state index is -1.50. The van der Waals surface area contributed by atoms with Gasteiger partial charge in [0.2, 0.25) is 0 Å². The molecule has 0 heterocycles. The molecule has 1 aromatic rings. The first-order valence-electron chi connectivity index (χ1n) is 5.56. The van der Waals surface area contributed by atoms with Gasteiger partial charge in [-0.25, -0.2) is 4.79 Å². The van der Waals surface area contributed by atoms with Crippen molar-refractivity contribution in [3.8, 4) is 0 Å². The molecule has 0 fully saturated rings. The van der Waals surface area contributed by atoms with Gasteiger partial charge in [-0.2, -0.15) is 0 Å². The Morgan fingerprint density at radius 1 is 1.47 bits per heavy atom. The molecular weight excluding hydrogens is 220 g/mol. The van der Waals surface area contributed by atoms with E-state index < -0.39 is 12.1 Å². The monoisotopic (exact) mass is 236 g/mol. The van der Waals surface area contributed by atoms with Gasteiger partial charge in [0.05, 0.1) is 0 Å². The molecule has 2 N–H and O–H groups in total. The average molecular weight is 236 g/mol. The summed E-state index contributed by atoms with van der Waals surface area (Å²) >= 11 is 0. The summed E-state index contributed by atoms with van der Waals surface area (Å²) in [5.41, 5.74) is 2.10. The number of aliphatic carboxylic acids is 1. The molecule has 1 atom stereocenters. The van der Waals surface area contributed by atoms with Crippen molar-refractivity contribution in [1.29, 1.82) is 0 Å². The van der Waals surface area contributed by atoms with Gasteiger partial charge in [-0.15, -0.1) is 0 Å². The number of aldehydes is 1. The fourth-order valence-corrected chi connectivity index (χ4v) is 1.74. The van der Waals surface area contributed by atoms with E-state index in [1.165, 1.54) is 0 Å². The summed E-state index contributed by atoms with van der Waals surface area (Å²) < 4.78 is 0. The Kier molecular flexibility index (Phi) is 4.84. The van der Waals surface area contributed by atoms with Crippen molar-refractivity contribution >= 4 is 12.3 Å². The lowest BCUT2D eigenvalue weighted by Crippen LogP contribution is -2.13. The van der Waals surface area contributed by atoms with Crippen LogP contribution in [0.1, 0.15) is 36.1 Å². The van der Waals surface area contributed by atoms with Gasteiger partial charge in [-0.05, 0) is 29.5 Å². The Labute approximate surface area is 99.9 Å². The Hall–Kier alpha value is -1.68. The number of aliphatic hydroxyl groups is 1. The van der Waals surface area contributed by atoms with Crippen LogP contribution in [0, 0.1) is 0 Å². The van der Waals surface area contributed by atoms with Gasteiger partial charge in [0.1, 0.15) is 6.29 Å². The SMILES string of the molecule is CCc1ccc(CCC=O)cc1C(O)C(=O)O. The lowest BCUT2D eigenvalue weighted by Gasteiger charge is -2.13. The van der Waals surface area contributed by atoms with Crippen LogP contribution >= 0.6 is 0 Å². The van der Waals surface area contributed by atoms with Crippen molar-refractivity contribution in [3.05, 3.63) is 34.9 Å². The van der Waals surface area contributed by atoms with Crippen LogP contribution in [-0.2, 0) is 22.4 Å².